The Kier molecular flexibility index (Phi) is 3.77. The molecule has 0 heterocycles. The molecule has 7 heavy (non-hydrogen) atoms. The SMILES string of the molecule is [Cu].[c]1ccccc1. The molecule has 0 saturated heterocycles. The van der Waals surface area contributed by atoms with E-state index in [9.17, 15) is 0 Å². The number of benzene rings is 1. The van der Waals surface area contributed by atoms with Gasteiger partial charge in [-0.2, -0.15) is 0 Å². The Morgan fingerprint density at radius 2 is 1.43 bits per heavy atom. The Bertz CT molecular complexity index is 76.1. The zero-order chi connectivity index (χ0) is 4.24. The second kappa shape index (κ2) is 3.91. The average molecular weight is 141 g/mol. The molecule has 2 radical (unpaired) electrons. The first-order valence-electron chi connectivity index (χ1n) is 1.91. The van der Waals surface area contributed by atoms with Crippen LogP contribution in [0.4, 0.5) is 0 Å². The number of hydrogen-bond donors (Lipinski definition) is 0. The largest absolute Gasteiger partial charge is 0.0622 e. The van der Waals surface area contributed by atoms with Crippen molar-refractivity contribution in [3.05, 3.63) is 36.4 Å². The van der Waals surface area contributed by atoms with Crippen LogP contribution in [0.2, 0.25) is 0 Å². The summed E-state index contributed by atoms with van der Waals surface area (Å²) in [6.45, 7) is 0. The van der Waals surface area contributed by atoms with Crippen molar-refractivity contribution in [3.8, 4) is 0 Å². The molecule has 0 unspecified atom stereocenters. The fraction of sp³-hybridized carbons (Fsp3) is 0. The van der Waals surface area contributed by atoms with Crippen LogP contribution in [0.25, 0.3) is 0 Å². The van der Waals surface area contributed by atoms with Gasteiger partial charge in [-0.05, 0) is 6.07 Å². The van der Waals surface area contributed by atoms with Crippen LogP contribution in [0.5, 0.6) is 0 Å². The Balaban J connectivity index is 0.000000360. The van der Waals surface area contributed by atoms with Crippen LogP contribution in [-0.4, -0.2) is 0 Å². The molecule has 0 bridgehead atoms. The summed E-state index contributed by atoms with van der Waals surface area (Å²) in [5.41, 5.74) is 0. The molecule has 1 aromatic carbocycles. The van der Waals surface area contributed by atoms with Crippen LogP contribution in [-0.2, 0) is 17.1 Å². The molecule has 0 aliphatic carbocycles. The summed E-state index contributed by atoms with van der Waals surface area (Å²) < 4.78 is 0. The van der Waals surface area contributed by atoms with Gasteiger partial charge in [0.1, 0.15) is 0 Å². The van der Waals surface area contributed by atoms with Gasteiger partial charge in [-0.25, -0.2) is 0 Å². The molecule has 1 aromatic rings. The molecule has 0 aromatic heterocycles. The molecule has 0 nitrogen and oxygen atoms in total. The third kappa shape index (κ3) is 2.44. The minimum atomic E-state index is 0. The van der Waals surface area contributed by atoms with Crippen molar-refractivity contribution in [1.29, 1.82) is 0 Å². The summed E-state index contributed by atoms with van der Waals surface area (Å²) in [6, 6.07) is 12.5. The number of rotatable bonds is 0. The summed E-state index contributed by atoms with van der Waals surface area (Å²) in [6.07, 6.45) is 0. The third-order valence-corrected chi connectivity index (χ3v) is 0.607. The van der Waals surface area contributed by atoms with Crippen molar-refractivity contribution in [3.63, 3.8) is 0 Å². The molecule has 0 atom stereocenters. The van der Waals surface area contributed by atoms with E-state index in [0.717, 1.165) is 0 Å². The molecular weight excluding hydrogens is 136 g/mol. The van der Waals surface area contributed by atoms with Crippen LogP contribution in [0, 0.1) is 6.07 Å². The molecule has 1 rings (SSSR count). The zero-order valence-corrected chi connectivity index (χ0v) is 4.63. The molecule has 0 spiro atoms. The summed E-state index contributed by atoms with van der Waals surface area (Å²) in [4.78, 5) is 0. The maximum Gasteiger partial charge on any atom is 0 e. The van der Waals surface area contributed by atoms with Gasteiger partial charge in [0.05, 0.1) is 0 Å². The normalized spacial score (nSPS) is 6.86. The van der Waals surface area contributed by atoms with Gasteiger partial charge in [0.2, 0.25) is 0 Å². The van der Waals surface area contributed by atoms with Gasteiger partial charge < -0.3 is 0 Å². The second-order valence-electron chi connectivity index (χ2n) is 1.08. The predicted octanol–water partition coefficient (Wildman–Crippen LogP) is 1.48. The second-order valence-corrected chi connectivity index (χ2v) is 1.08. The predicted molar refractivity (Wildman–Crippen MR) is 25.3 cm³/mol. The van der Waals surface area contributed by atoms with Gasteiger partial charge in [-0.3, -0.25) is 0 Å². The van der Waals surface area contributed by atoms with E-state index in [2.05, 4.69) is 6.07 Å². The van der Waals surface area contributed by atoms with Crippen molar-refractivity contribution in [2.75, 3.05) is 0 Å². The Hall–Kier alpha value is -0.261. The van der Waals surface area contributed by atoms with E-state index in [4.69, 9.17) is 0 Å². The van der Waals surface area contributed by atoms with E-state index in [1.54, 1.807) is 0 Å². The Labute approximate surface area is 54.0 Å². The van der Waals surface area contributed by atoms with Crippen molar-refractivity contribution >= 4 is 0 Å². The van der Waals surface area contributed by atoms with Crippen molar-refractivity contribution in [2.24, 2.45) is 0 Å². The standard InChI is InChI=1S/C6H5.Cu/c1-2-4-6-5-3-1;/h1-5H;. The van der Waals surface area contributed by atoms with E-state index in [-0.39, 0.29) is 17.1 Å². The van der Waals surface area contributed by atoms with E-state index in [0.29, 0.717) is 0 Å². The summed E-state index contributed by atoms with van der Waals surface area (Å²) in [5.74, 6) is 0. The average Bonchev–Trinajstić information content (AvgIpc) is 1.72. The van der Waals surface area contributed by atoms with Crippen LogP contribution in [0.3, 0.4) is 0 Å². The molecule has 0 aliphatic heterocycles. The van der Waals surface area contributed by atoms with Crippen LogP contribution < -0.4 is 0 Å². The topological polar surface area (TPSA) is 0 Å². The van der Waals surface area contributed by atoms with Gasteiger partial charge in [0.25, 0.3) is 0 Å². The summed E-state index contributed by atoms with van der Waals surface area (Å²) in [7, 11) is 0. The smallest absolute Gasteiger partial charge is 0 e. The molecule has 0 saturated carbocycles. The van der Waals surface area contributed by atoms with Crippen molar-refractivity contribution in [1.82, 2.24) is 0 Å². The third-order valence-electron chi connectivity index (χ3n) is 0.607. The van der Waals surface area contributed by atoms with Crippen LogP contribution >= 0.6 is 0 Å². The number of hydrogen-bond acceptors (Lipinski definition) is 0. The van der Waals surface area contributed by atoms with Crippen LogP contribution in [0.1, 0.15) is 0 Å². The van der Waals surface area contributed by atoms with Crippen LogP contribution in [0.15, 0.2) is 30.3 Å². The van der Waals surface area contributed by atoms with Gasteiger partial charge in [-0.1, -0.05) is 30.3 Å². The van der Waals surface area contributed by atoms with Crippen molar-refractivity contribution in [2.45, 2.75) is 0 Å². The summed E-state index contributed by atoms with van der Waals surface area (Å²) >= 11 is 0. The van der Waals surface area contributed by atoms with E-state index in [1.807, 2.05) is 30.3 Å². The zero-order valence-electron chi connectivity index (χ0n) is 3.69. The van der Waals surface area contributed by atoms with E-state index >= 15 is 0 Å². The maximum absolute atomic E-state index is 2.89. The fourth-order valence-corrected chi connectivity index (χ4v) is 0.342. The van der Waals surface area contributed by atoms with E-state index < -0.39 is 0 Å². The molecule has 0 N–H and O–H groups in total. The van der Waals surface area contributed by atoms with Gasteiger partial charge >= 0.3 is 0 Å². The minimum absolute atomic E-state index is 0. The molecule has 0 amide bonds. The van der Waals surface area contributed by atoms with E-state index in [1.165, 1.54) is 0 Å². The Morgan fingerprint density at radius 1 is 0.857 bits per heavy atom. The fourth-order valence-electron chi connectivity index (χ4n) is 0.342. The molecule has 1 heteroatoms. The summed E-state index contributed by atoms with van der Waals surface area (Å²) in [5, 5.41) is 0. The minimum Gasteiger partial charge on any atom is -0.0622 e. The first-order chi connectivity index (χ1) is 3.00. The molecule has 40 valence electrons. The van der Waals surface area contributed by atoms with Gasteiger partial charge in [-0.15, -0.1) is 0 Å². The molecule has 0 fully saturated rings. The first kappa shape index (κ1) is 6.74. The van der Waals surface area contributed by atoms with Gasteiger partial charge in [0.15, 0.2) is 0 Å². The Morgan fingerprint density at radius 3 is 1.57 bits per heavy atom. The molecule has 0 aliphatic rings. The molecular formula is C6H5Cu. The monoisotopic (exact) mass is 140 g/mol. The first-order valence-corrected chi connectivity index (χ1v) is 1.91. The quantitative estimate of drug-likeness (QED) is 0.479. The van der Waals surface area contributed by atoms with Crippen molar-refractivity contribution < 1.29 is 17.1 Å². The maximum atomic E-state index is 2.89. The van der Waals surface area contributed by atoms with Gasteiger partial charge in [0, 0.05) is 17.1 Å².